The summed E-state index contributed by atoms with van der Waals surface area (Å²) >= 11 is 0. The van der Waals surface area contributed by atoms with Gasteiger partial charge in [-0.2, -0.15) is 0 Å². The predicted molar refractivity (Wildman–Crippen MR) is 80.5 cm³/mol. The molecular weight excluding hydrogens is 232 g/mol. The van der Waals surface area contributed by atoms with Gasteiger partial charge in [-0.05, 0) is 61.4 Å². The van der Waals surface area contributed by atoms with Crippen LogP contribution in [0.5, 0.6) is 0 Å². The molecule has 0 fully saturated rings. The zero-order chi connectivity index (χ0) is 13.8. The summed E-state index contributed by atoms with van der Waals surface area (Å²) in [5, 5.41) is 10.3. The van der Waals surface area contributed by atoms with E-state index in [-0.39, 0.29) is 6.10 Å². The van der Waals surface area contributed by atoms with Gasteiger partial charge in [-0.3, -0.25) is 0 Å². The smallest absolute Gasteiger partial charge is 0.0621 e. The molecule has 1 heteroatoms. The van der Waals surface area contributed by atoms with E-state index in [9.17, 15) is 5.11 Å². The van der Waals surface area contributed by atoms with E-state index in [1.807, 2.05) is 12.1 Å². The molecule has 0 radical (unpaired) electrons. The number of hydrogen-bond donors (Lipinski definition) is 1. The largest absolute Gasteiger partial charge is 0.392 e. The summed E-state index contributed by atoms with van der Waals surface area (Å²) in [7, 11) is 0. The lowest BCUT2D eigenvalue weighted by molar-refractivity contribution is 0.175. The van der Waals surface area contributed by atoms with Crippen LogP contribution in [0.15, 0.2) is 42.5 Å². The molecule has 0 saturated carbocycles. The van der Waals surface area contributed by atoms with Crippen LogP contribution in [0.25, 0.3) is 0 Å². The molecule has 2 aromatic carbocycles. The third-order valence-corrected chi connectivity index (χ3v) is 3.80. The van der Waals surface area contributed by atoms with E-state index < -0.39 is 0 Å². The van der Waals surface area contributed by atoms with E-state index in [4.69, 9.17) is 0 Å². The van der Waals surface area contributed by atoms with Crippen LogP contribution in [-0.2, 0) is 12.8 Å². The molecule has 0 heterocycles. The van der Waals surface area contributed by atoms with E-state index in [1.165, 1.54) is 27.8 Å². The Morgan fingerprint density at radius 1 is 0.789 bits per heavy atom. The van der Waals surface area contributed by atoms with Crippen LogP contribution in [0.3, 0.4) is 0 Å². The van der Waals surface area contributed by atoms with Crippen molar-refractivity contribution in [3.05, 3.63) is 70.3 Å². The van der Waals surface area contributed by atoms with Gasteiger partial charge >= 0.3 is 0 Å². The molecule has 2 aromatic rings. The van der Waals surface area contributed by atoms with E-state index in [0.29, 0.717) is 0 Å². The minimum Gasteiger partial charge on any atom is -0.392 e. The first-order valence-corrected chi connectivity index (χ1v) is 6.85. The summed E-state index contributed by atoms with van der Waals surface area (Å²) in [6.45, 7) is 6.33. The van der Waals surface area contributed by atoms with Crippen LogP contribution in [0.2, 0.25) is 0 Å². The molecular formula is C18H22O. The molecule has 1 atom stereocenters. The minimum atomic E-state index is -0.319. The Morgan fingerprint density at radius 3 is 2.00 bits per heavy atom. The zero-order valence-corrected chi connectivity index (χ0v) is 12.0. The van der Waals surface area contributed by atoms with Crippen molar-refractivity contribution in [3.8, 4) is 0 Å². The maximum Gasteiger partial charge on any atom is 0.0621 e. The fraction of sp³-hybridized carbons (Fsp3) is 0.333. The second-order valence-electron chi connectivity index (χ2n) is 5.36. The average Bonchev–Trinajstić information content (AvgIpc) is 2.37. The maximum absolute atomic E-state index is 10.3. The maximum atomic E-state index is 10.3. The van der Waals surface area contributed by atoms with Crippen LogP contribution >= 0.6 is 0 Å². The fourth-order valence-electron chi connectivity index (χ4n) is 2.57. The molecule has 0 aliphatic carbocycles. The Labute approximate surface area is 115 Å². The summed E-state index contributed by atoms with van der Waals surface area (Å²) < 4.78 is 0. The van der Waals surface area contributed by atoms with Gasteiger partial charge < -0.3 is 5.11 Å². The summed E-state index contributed by atoms with van der Waals surface area (Å²) in [6.07, 6.45) is 1.13. The lowest BCUT2D eigenvalue weighted by atomic mass is 9.94. The standard InChI is InChI=1S/C18H22O/c1-13-7-4-5-10-16(13)11-17(19)12-18-14(2)8-6-9-15(18)3/h4-10,17,19H,11-12H2,1-3H3. The molecule has 0 aliphatic rings. The average molecular weight is 254 g/mol. The summed E-state index contributed by atoms with van der Waals surface area (Å²) in [5.41, 5.74) is 6.31. The topological polar surface area (TPSA) is 20.2 Å². The van der Waals surface area contributed by atoms with Crippen molar-refractivity contribution < 1.29 is 5.11 Å². The van der Waals surface area contributed by atoms with E-state index in [0.717, 1.165) is 12.8 Å². The van der Waals surface area contributed by atoms with Crippen molar-refractivity contribution in [1.29, 1.82) is 0 Å². The molecule has 0 aromatic heterocycles. The van der Waals surface area contributed by atoms with Crippen LogP contribution in [0.4, 0.5) is 0 Å². The van der Waals surface area contributed by atoms with Gasteiger partial charge in [0.05, 0.1) is 6.10 Å². The zero-order valence-electron chi connectivity index (χ0n) is 12.0. The van der Waals surface area contributed by atoms with Gasteiger partial charge in [-0.25, -0.2) is 0 Å². The van der Waals surface area contributed by atoms with Crippen molar-refractivity contribution in [1.82, 2.24) is 0 Å². The van der Waals surface area contributed by atoms with Crippen molar-refractivity contribution in [2.75, 3.05) is 0 Å². The minimum absolute atomic E-state index is 0.319. The Balaban J connectivity index is 2.10. The van der Waals surface area contributed by atoms with Crippen LogP contribution in [0.1, 0.15) is 27.8 Å². The van der Waals surface area contributed by atoms with Crippen molar-refractivity contribution in [2.45, 2.75) is 39.7 Å². The SMILES string of the molecule is Cc1ccccc1CC(O)Cc1c(C)cccc1C. The lowest BCUT2D eigenvalue weighted by Crippen LogP contribution is -2.16. The van der Waals surface area contributed by atoms with Crippen molar-refractivity contribution in [3.63, 3.8) is 0 Å². The fourth-order valence-corrected chi connectivity index (χ4v) is 2.57. The Hall–Kier alpha value is -1.60. The lowest BCUT2D eigenvalue weighted by Gasteiger charge is -2.16. The molecule has 0 bridgehead atoms. The monoisotopic (exact) mass is 254 g/mol. The second-order valence-corrected chi connectivity index (χ2v) is 5.36. The quantitative estimate of drug-likeness (QED) is 0.881. The highest BCUT2D eigenvalue weighted by Crippen LogP contribution is 2.18. The summed E-state index contributed by atoms with van der Waals surface area (Å²) in [5.74, 6) is 0. The van der Waals surface area contributed by atoms with Crippen molar-refractivity contribution in [2.24, 2.45) is 0 Å². The Bertz CT molecular complexity index is 537. The van der Waals surface area contributed by atoms with E-state index in [2.05, 4.69) is 51.1 Å². The van der Waals surface area contributed by atoms with Gasteiger partial charge in [-0.1, -0.05) is 42.5 Å². The number of hydrogen-bond acceptors (Lipinski definition) is 1. The highest BCUT2D eigenvalue weighted by Gasteiger charge is 2.11. The number of benzene rings is 2. The third kappa shape index (κ3) is 3.45. The van der Waals surface area contributed by atoms with Gasteiger partial charge in [0.2, 0.25) is 0 Å². The van der Waals surface area contributed by atoms with Gasteiger partial charge in [0.1, 0.15) is 0 Å². The Kier molecular flexibility index (Phi) is 4.39. The first-order valence-electron chi connectivity index (χ1n) is 6.85. The molecule has 2 rings (SSSR count). The van der Waals surface area contributed by atoms with Gasteiger partial charge in [0.25, 0.3) is 0 Å². The Morgan fingerprint density at radius 2 is 1.37 bits per heavy atom. The number of aliphatic hydroxyl groups is 1. The molecule has 19 heavy (non-hydrogen) atoms. The highest BCUT2D eigenvalue weighted by molar-refractivity contribution is 5.34. The number of aryl methyl sites for hydroxylation is 3. The molecule has 0 spiro atoms. The summed E-state index contributed by atoms with van der Waals surface area (Å²) in [4.78, 5) is 0. The first-order chi connectivity index (χ1) is 9.08. The van der Waals surface area contributed by atoms with Crippen LogP contribution in [0, 0.1) is 20.8 Å². The van der Waals surface area contributed by atoms with Gasteiger partial charge in [0.15, 0.2) is 0 Å². The van der Waals surface area contributed by atoms with Crippen LogP contribution in [-0.4, -0.2) is 11.2 Å². The molecule has 0 amide bonds. The predicted octanol–water partition coefficient (Wildman–Crippen LogP) is 3.76. The normalized spacial score (nSPS) is 12.4. The molecule has 100 valence electrons. The molecule has 1 unspecified atom stereocenters. The number of aliphatic hydroxyl groups excluding tert-OH is 1. The first kappa shape index (κ1) is 13.8. The van der Waals surface area contributed by atoms with E-state index >= 15 is 0 Å². The van der Waals surface area contributed by atoms with Gasteiger partial charge in [0, 0.05) is 0 Å². The summed E-state index contributed by atoms with van der Waals surface area (Å²) in [6, 6.07) is 14.6. The molecule has 1 nitrogen and oxygen atoms in total. The molecule has 0 aliphatic heterocycles. The van der Waals surface area contributed by atoms with Gasteiger partial charge in [-0.15, -0.1) is 0 Å². The number of rotatable bonds is 4. The highest BCUT2D eigenvalue weighted by atomic mass is 16.3. The van der Waals surface area contributed by atoms with Crippen LogP contribution < -0.4 is 0 Å². The second kappa shape index (κ2) is 6.03. The third-order valence-electron chi connectivity index (χ3n) is 3.80. The molecule has 1 N–H and O–H groups in total. The van der Waals surface area contributed by atoms with E-state index in [1.54, 1.807) is 0 Å². The molecule has 0 saturated heterocycles. The van der Waals surface area contributed by atoms with Crippen molar-refractivity contribution >= 4 is 0 Å².